The minimum atomic E-state index is 0.331. The number of nitrogens with one attached hydrogen (secondary N) is 1. The standard InChI is InChI=1S/C16H18N2O.C15H16N2O/c1-5-16(6-2-9-18(16)8-1)7-3-13-11-15-14(17-12-13)4-10-19-15;1(2-11-8-12-3-4-13(11)17-12)10-7-15-14(16-9-10)5-6-18-15/h3-4,7,10-12H,1-2,5-6,8-9H2;1-2,5-7,9,11-13,17H,3-4,8H2. The third-order valence-corrected chi connectivity index (χ3v) is 8.82. The molecule has 4 aliphatic rings. The van der Waals surface area contributed by atoms with E-state index >= 15 is 0 Å². The monoisotopic (exact) mass is 494 g/mol. The van der Waals surface area contributed by atoms with Crippen LogP contribution in [0.5, 0.6) is 0 Å². The first-order valence-electron chi connectivity index (χ1n) is 13.8. The van der Waals surface area contributed by atoms with Crippen LogP contribution in [0.4, 0.5) is 0 Å². The first-order chi connectivity index (χ1) is 18.2. The predicted molar refractivity (Wildman–Crippen MR) is 147 cm³/mol. The van der Waals surface area contributed by atoms with Crippen molar-refractivity contribution in [2.45, 2.75) is 62.6 Å². The highest BCUT2D eigenvalue weighted by molar-refractivity contribution is 5.75. The number of pyridine rings is 2. The van der Waals surface area contributed by atoms with Gasteiger partial charge in [0, 0.05) is 42.1 Å². The Morgan fingerprint density at radius 3 is 2.19 bits per heavy atom. The van der Waals surface area contributed by atoms with E-state index in [0.29, 0.717) is 17.5 Å². The van der Waals surface area contributed by atoms with Crippen LogP contribution in [-0.2, 0) is 0 Å². The summed E-state index contributed by atoms with van der Waals surface area (Å²) in [5.74, 6) is 0.691. The molecule has 1 N–H and O–H groups in total. The molecule has 0 saturated carbocycles. The van der Waals surface area contributed by atoms with E-state index in [2.05, 4.69) is 56.6 Å². The van der Waals surface area contributed by atoms with Crippen LogP contribution in [0.25, 0.3) is 34.4 Å². The Labute approximate surface area is 217 Å². The summed E-state index contributed by atoms with van der Waals surface area (Å²) in [6, 6.07) is 9.38. The van der Waals surface area contributed by atoms with E-state index in [1.54, 1.807) is 12.5 Å². The van der Waals surface area contributed by atoms with Crippen LogP contribution in [-0.4, -0.2) is 45.6 Å². The molecule has 4 aromatic rings. The summed E-state index contributed by atoms with van der Waals surface area (Å²) in [4.78, 5) is 11.4. The highest BCUT2D eigenvalue weighted by Gasteiger charge is 2.41. The lowest BCUT2D eigenvalue weighted by molar-refractivity contribution is 0.251. The quantitative estimate of drug-likeness (QED) is 0.352. The summed E-state index contributed by atoms with van der Waals surface area (Å²) in [6.07, 6.45) is 25.6. The normalized spacial score (nSPS) is 26.5. The summed E-state index contributed by atoms with van der Waals surface area (Å²) in [7, 11) is 0. The van der Waals surface area contributed by atoms with E-state index in [4.69, 9.17) is 8.83 Å². The minimum Gasteiger partial charge on any atom is -0.463 e. The molecule has 4 aliphatic heterocycles. The van der Waals surface area contributed by atoms with E-state index in [-0.39, 0.29) is 0 Å². The molecule has 6 heteroatoms. The van der Waals surface area contributed by atoms with Gasteiger partial charge in [0.05, 0.1) is 12.5 Å². The van der Waals surface area contributed by atoms with Gasteiger partial charge >= 0.3 is 0 Å². The maximum absolute atomic E-state index is 5.41. The molecule has 4 aromatic heterocycles. The number of hydrogen-bond acceptors (Lipinski definition) is 6. The van der Waals surface area contributed by atoms with Crippen LogP contribution in [0.3, 0.4) is 0 Å². The van der Waals surface area contributed by atoms with Gasteiger partial charge in [-0.05, 0) is 87.2 Å². The number of hydrogen-bond donors (Lipinski definition) is 1. The zero-order chi connectivity index (χ0) is 24.7. The molecule has 0 radical (unpaired) electrons. The Kier molecular flexibility index (Phi) is 5.94. The second kappa shape index (κ2) is 9.58. The predicted octanol–water partition coefficient (Wildman–Crippen LogP) is 6.45. The Balaban J connectivity index is 0.000000125. The lowest BCUT2D eigenvalue weighted by atomic mass is 9.89. The van der Waals surface area contributed by atoms with E-state index in [0.717, 1.165) is 39.4 Å². The molecule has 4 saturated heterocycles. The van der Waals surface area contributed by atoms with Crippen molar-refractivity contribution in [3.05, 3.63) is 72.5 Å². The van der Waals surface area contributed by atoms with Crippen LogP contribution < -0.4 is 5.32 Å². The Bertz CT molecular complexity index is 1440. The van der Waals surface area contributed by atoms with Gasteiger partial charge in [-0.15, -0.1) is 0 Å². The maximum Gasteiger partial charge on any atom is 0.152 e. The zero-order valence-electron chi connectivity index (χ0n) is 21.2. The van der Waals surface area contributed by atoms with Gasteiger partial charge in [-0.3, -0.25) is 14.9 Å². The summed E-state index contributed by atoms with van der Waals surface area (Å²) < 4.78 is 10.8. The van der Waals surface area contributed by atoms with Crippen molar-refractivity contribution >= 4 is 34.4 Å². The fourth-order valence-electron chi connectivity index (χ4n) is 6.89. The molecule has 0 aliphatic carbocycles. The smallest absolute Gasteiger partial charge is 0.152 e. The van der Waals surface area contributed by atoms with E-state index < -0.39 is 0 Å². The molecule has 0 amide bonds. The molecule has 3 atom stereocenters. The van der Waals surface area contributed by atoms with Crippen LogP contribution in [0.15, 0.2) is 70.2 Å². The molecule has 3 unspecified atom stereocenters. The zero-order valence-corrected chi connectivity index (χ0v) is 21.2. The van der Waals surface area contributed by atoms with Crippen molar-refractivity contribution in [3.8, 4) is 0 Å². The highest BCUT2D eigenvalue weighted by atomic mass is 16.3. The largest absolute Gasteiger partial charge is 0.463 e. The van der Waals surface area contributed by atoms with Gasteiger partial charge in [0.15, 0.2) is 11.2 Å². The summed E-state index contributed by atoms with van der Waals surface area (Å²) in [5.41, 5.74) is 6.18. The van der Waals surface area contributed by atoms with Gasteiger partial charge in [0.1, 0.15) is 11.0 Å². The second-order valence-corrected chi connectivity index (χ2v) is 11.1. The van der Waals surface area contributed by atoms with Crippen LogP contribution in [0, 0.1) is 5.92 Å². The molecule has 0 spiro atoms. The number of furan rings is 2. The van der Waals surface area contributed by atoms with E-state index in [1.165, 1.54) is 58.0 Å². The van der Waals surface area contributed by atoms with Crippen molar-refractivity contribution in [2.24, 2.45) is 5.92 Å². The van der Waals surface area contributed by atoms with Gasteiger partial charge in [0.25, 0.3) is 0 Å². The molecule has 8 heterocycles. The summed E-state index contributed by atoms with van der Waals surface area (Å²) in [5, 5.41) is 3.65. The number of aromatic nitrogens is 2. The maximum atomic E-state index is 5.41. The fourth-order valence-corrected chi connectivity index (χ4v) is 6.89. The van der Waals surface area contributed by atoms with Crippen molar-refractivity contribution in [3.63, 3.8) is 0 Å². The second-order valence-electron chi connectivity index (χ2n) is 11.1. The Morgan fingerprint density at radius 1 is 0.892 bits per heavy atom. The van der Waals surface area contributed by atoms with Crippen LogP contribution in [0.1, 0.15) is 56.1 Å². The summed E-state index contributed by atoms with van der Waals surface area (Å²) in [6.45, 7) is 2.53. The molecular weight excluding hydrogens is 460 g/mol. The van der Waals surface area contributed by atoms with Crippen LogP contribution >= 0.6 is 0 Å². The lowest BCUT2D eigenvalue weighted by Crippen LogP contribution is -2.35. The van der Waals surface area contributed by atoms with Gasteiger partial charge in [-0.1, -0.05) is 24.3 Å². The third kappa shape index (κ3) is 4.53. The Hall–Kier alpha value is -3.22. The molecular formula is C31H34N4O2. The summed E-state index contributed by atoms with van der Waals surface area (Å²) >= 11 is 0. The average Bonchev–Trinajstić information content (AvgIpc) is 3.75. The number of fused-ring (bicyclic) bond motifs is 5. The number of rotatable bonds is 4. The van der Waals surface area contributed by atoms with Crippen molar-refractivity contribution < 1.29 is 8.83 Å². The van der Waals surface area contributed by atoms with Crippen molar-refractivity contribution in [1.82, 2.24) is 20.2 Å². The first-order valence-corrected chi connectivity index (χ1v) is 13.8. The molecule has 0 aromatic carbocycles. The minimum absolute atomic E-state index is 0.331. The number of nitrogens with zero attached hydrogens (tertiary/aromatic N) is 3. The topological polar surface area (TPSA) is 67.3 Å². The van der Waals surface area contributed by atoms with Crippen molar-refractivity contribution in [1.29, 1.82) is 0 Å². The van der Waals surface area contributed by atoms with E-state index in [9.17, 15) is 0 Å². The molecule has 190 valence electrons. The van der Waals surface area contributed by atoms with Gasteiger partial charge < -0.3 is 14.2 Å². The molecule has 8 rings (SSSR count). The SMILES string of the molecule is C(=CC12CCCN1CCC2)c1cnc2ccoc2c1.C(=CC1CC2CCC1N2)c1cnc2ccoc2c1. The molecule has 4 fully saturated rings. The fraction of sp³-hybridized carbons (Fsp3) is 0.419. The highest BCUT2D eigenvalue weighted by Crippen LogP contribution is 2.40. The molecule has 37 heavy (non-hydrogen) atoms. The third-order valence-electron chi connectivity index (χ3n) is 8.82. The van der Waals surface area contributed by atoms with Gasteiger partial charge in [-0.25, -0.2) is 0 Å². The van der Waals surface area contributed by atoms with E-state index in [1.807, 2.05) is 24.5 Å². The Morgan fingerprint density at radius 2 is 1.57 bits per heavy atom. The van der Waals surface area contributed by atoms with Crippen LogP contribution in [0.2, 0.25) is 0 Å². The van der Waals surface area contributed by atoms with Gasteiger partial charge in [-0.2, -0.15) is 0 Å². The average molecular weight is 495 g/mol. The van der Waals surface area contributed by atoms with Crippen molar-refractivity contribution in [2.75, 3.05) is 13.1 Å². The molecule has 6 nitrogen and oxygen atoms in total. The lowest BCUT2D eigenvalue weighted by Gasteiger charge is -2.28. The van der Waals surface area contributed by atoms with Gasteiger partial charge in [0.2, 0.25) is 0 Å². The molecule has 2 bridgehead atoms. The first kappa shape index (κ1) is 22.9.